The van der Waals surface area contributed by atoms with E-state index < -0.39 is 0 Å². The van der Waals surface area contributed by atoms with Crippen molar-refractivity contribution >= 4 is 10.9 Å². The molecular formula is C21H14FNO. The van der Waals surface area contributed by atoms with E-state index in [0.717, 1.165) is 22.0 Å². The summed E-state index contributed by atoms with van der Waals surface area (Å²) < 4.78 is 13.2. The smallest absolute Gasteiger partial charge is 0.150 e. The Morgan fingerprint density at radius 2 is 1.38 bits per heavy atom. The molecule has 3 aromatic carbocycles. The van der Waals surface area contributed by atoms with Crippen molar-refractivity contribution in [1.29, 1.82) is 0 Å². The second-order valence-corrected chi connectivity index (χ2v) is 5.57. The summed E-state index contributed by atoms with van der Waals surface area (Å²) in [6, 6.07) is 23.4. The Labute approximate surface area is 138 Å². The van der Waals surface area contributed by atoms with Crippen molar-refractivity contribution in [2.45, 2.75) is 0 Å². The normalized spacial score (nSPS) is 10.9. The van der Waals surface area contributed by atoms with Crippen molar-refractivity contribution in [3.63, 3.8) is 0 Å². The van der Waals surface area contributed by atoms with Gasteiger partial charge in [0, 0.05) is 16.5 Å². The fourth-order valence-corrected chi connectivity index (χ4v) is 2.91. The van der Waals surface area contributed by atoms with Crippen molar-refractivity contribution in [2.75, 3.05) is 0 Å². The van der Waals surface area contributed by atoms with Gasteiger partial charge in [-0.15, -0.1) is 0 Å². The van der Waals surface area contributed by atoms with E-state index in [1.165, 1.54) is 12.1 Å². The minimum Gasteiger partial charge on any atom is -0.505 e. The molecule has 0 radical (unpaired) electrons. The number of aromatic hydroxyl groups is 1. The average Bonchev–Trinajstić information content (AvgIpc) is 2.63. The van der Waals surface area contributed by atoms with Crippen molar-refractivity contribution < 1.29 is 9.50 Å². The van der Waals surface area contributed by atoms with Gasteiger partial charge in [0.1, 0.15) is 17.3 Å². The third-order valence-electron chi connectivity index (χ3n) is 4.05. The summed E-state index contributed by atoms with van der Waals surface area (Å²) in [5, 5.41) is 11.8. The first kappa shape index (κ1) is 14.4. The number of halogens is 1. The lowest BCUT2D eigenvalue weighted by Crippen LogP contribution is -1.92. The lowest BCUT2D eigenvalue weighted by molar-refractivity contribution is 0.478. The third-order valence-corrected chi connectivity index (χ3v) is 4.05. The monoisotopic (exact) mass is 315 g/mol. The molecule has 0 atom stereocenters. The van der Waals surface area contributed by atoms with Gasteiger partial charge in [0.2, 0.25) is 0 Å². The van der Waals surface area contributed by atoms with Crippen LogP contribution >= 0.6 is 0 Å². The number of pyridine rings is 1. The fourth-order valence-electron chi connectivity index (χ4n) is 2.91. The zero-order valence-corrected chi connectivity index (χ0v) is 12.8. The van der Waals surface area contributed by atoms with E-state index >= 15 is 0 Å². The summed E-state index contributed by atoms with van der Waals surface area (Å²) in [7, 11) is 0. The Morgan fingerprint density at radius 3 is 2.12 bits per heavy atom. The molecule has 3 heteroatoms. The van der Waals surface area contributed by atoms with E-state index in [1.54, 1.807) is 12.1 Å². The molecule has 116 valence electrons. The van der Waals surface area contributed by atoms with Crippen LogP contribution in [0.25, 0.3) is 33.3 Å². The lowest BCUT2D eigenvalue weighted by Gasteiger charge is -2.13. The second kappa shape index (κ2) is 5.78. The number of para-hydroxylation sites is 1. The number of benzene rings is 3. The van der Waals surface area contributed by atoms with E-state index in [4.69, 9.17) is 0 Å². The largest absolute Gasteiger partial charge is 0.505 e. The van der Waals surface area contributed by atoms with Crippen LogP contribution < -0.4 is 0 Å². The standard InChI is InChI=1S/C21H14FNO/c22-16-12-10-15(11-13-16)20-21(24)19(14-6-2-1-3-7-14)17-8-4-5-9-18(17)23-20/h1-13,24H. The molecule has 2 nitrogen and oxygen atoms in total. The van der Waals surface area contributed by atoms with Gasteiger partial charge < -0.3 is 5.11 Å². The van der Waals surface area contributed by atoms with E-state index in [2.05, 4.69) is 4.98 Å². The molecule has 4 rings (SSSR count). The van der Waals surface area contributed by atoms with Crippen molar-refractivity contribution in [1.82, 2.24) is 4.98 Å². The molecule has 1 heterocycles. The van der Waals surface area contributed by atoms with Gasteiger partial charge in [-0.2, -0.15) is 0 Å². The molecule has 0 aliphatic carbocycles. The van der Waals surface area contributed by atoms with Gasteiger partial charge in [0.15, 0.2) is 0 Å². The third kappa shape index (κ3) is 2.40. The van der Waals surface area contributed by atoms with Gasteiger partial charge in [0.25, 0.3) is 0 Å². The molecule has 0 unspecified atom stereocenters. The molecular weight excluding hydrogens is 301 g/mol. The van der Waals surface area contributed by atoms with Crippen molar-refractivity contribution in [2.24, 2.45) is 0 Å². The van der Waals surface area contributed by atoms with E-state index in [1.807, 2.05) is 54.6 Å². The zero-order valence-electron chi connectivity index (χ0n) is 12.8. The Balaban J connectivity index is 2.06. The lowest BCUT2D eigenvalue weighted by atomic mass is 9.97. The maximum absolute atomic E-state index is 13.2. The van der Waals surface area contributed by atoms with Gasteiger partial charge >= 0.3 is 0 Å². The fraction of sp³-hybridized carbons (Fsp3) is 0. The van der Waals surface area contributed by atoms with Gasteiger partial charge in [0.05, 0.1) is 5.52 Å². The van der Waals surface area contributed by atoms with Crippen LogP contribution in [0.15, 0.2) is 78.9 Å². The SMILES string of the molecule is Oc1c(-c2ccc(F)cc2)nc2ccccc2c1-c1ccccc1. The molecule has 0 aliphatic heterocycles. The van der Waals surface area contributed by atoms with Gasteiger partial charge in [-0.1, -0.05) is 48.5 Å². The quantitative estimate of drug-likeness (QED) is 0.536. The van der Waals surface area contributed by atoms with Crippen LogP contribution in [0.4, 0.5) is 4.39 Å². The zero-order chi connectivity index (χ0) is 16.5. The van der Waals surface area contributed by atoms with E-state index in [-0.39, 0.29) is 11.6 Å². The number of rotatable bonds is 2. The van der Waals surface area contributed by atoms with Crippen LogP contribution in [0.3, 0.4) is 0 Å². The van der Waals surface area contributed by atoms with Crippen LogP contribution in [-0.2, 0) is 0 Å². The highest BCUT2D eigenvalue weighted by molar-refractivity contribution is 6.00. The number of nitrogens with zero attached hydrogens (tertiary/aromatic N) is 1. The molecule has 4 aromatic rings. The van der Waals surface area contributed by atoms with Crippen LogP contribution in [0.1, 0.15) is 0 Å². The number of hydrogen-bond acceptors (Lipinski definition) is 2. The van der Waals surface area contributed by atoms with Crippen molar-refractivity contribution in [3.05, 3.63) is 84.7 Å². The Hall–Kier alpha value is -3.20. The highest BCUT2D eigenvalue weighted by Crippen LogP contribution is 2.41. The molecule has 0 fully saturated rings. The van der Waals surface area contributed by atoms with Crippen molar-refractivity contribution in [3.8, 4) is 28.1 Å². The first-order chi connectivity index (χ1) is 11.7. The highest BCUT2D eigenvalue weighted by Gasteiger charge is 2.17. The highest BCUT2D eigenvalue weighted by atomic mass is 19.1. The summed E-state index contributed by atoms with van der Waals surface area (Å²) in [5.41, 5.74) is 3.57. The van der Waals surface area contributed by atoms with Crippen LogP contribution in [0.2, 0.25) is 0 Å². The predicted molar refractivity (Wildman–Crippen MR) is 94.2 cm³/mol. The summed E-state index contributed by atoms with van der Waals surface area (Å²) in [6.07, 6.45) is 0. The molecule has 24 heavy (non-hydrogen) atoms. The van der Waals surface area contributed by atoms with E-state index in [9.17, 15) is 9.50 Å². The topological polar surface area (TPSA) is 33.1 Å². The molecule has 1 aromatic heterocycles. The molecule has 0 saturated heterocycles. The minimum atomic E-state index is -0.317. The summed E-state index contributed by atoms with van der Waals surface area (Å²) in [5.74, 6) is -0.214. The molecule has 0 bridgehead atoms. The summed E-state index contributed by atoms with van der Waals surface area (Å²) in [4.78, 5) is 4.59. The minimum absolute atomic E-state index is 0.103. The Kier molecular flexibility index (Phi) is 3.47. The Morgan fingerprint density at radius 1 is 0.708 bits per heavy atom. The van der Waals surface area contributed by atoms with Gasteiger partial charge in [-0.25, -0.2) is 9.37 Å². The molecule has 1 N–H and O–H groups in total. The first-order valence-electron chi connectivity index (χ1n) is 7.67. The average molecular weight is 315 g/mol. The second-order valence-electron chi connectivity index (χ2n) is 5.57. The molecule has 0 aliphatic rings. The van der Waals surface area contributed by atoms with Crippen LogP contribution in [0.5, 0.6) is 5.75 Å². The maximum atomic E-state index is 13.2. The molecule has 0 saturated carbocycles. The maximum Gasteiger partial charge on any atom is 0.150 e. The van der Waals surface area contributed by atoms with E-state index in [0.29, 0.717) is 11.3 Å². The van der Waals surface area contributed by atoms with Crippen LogP contribution in [0, 0.1) is 5.82 Å². The number of aromatic nitrogens is 1. The summed E-state index contributed by atoms with van der Waals surface area (Å²) in [6.45, 7) is 0. The summed E-state index contributed by atoms with van der Waals surface area (Å²) >= 11 is 0. The molecule has 0 spiro atoms. The van der Waals surface area contributed by atoms with Gasteiger partial charge in [-0.3, -0.25) is 0 Å². The predicted octanol–water partition coefficient (Wildman–Crippen LogP) is 5.41. The number of fused-ring (bicyclic) bond motifs is 1. The van der Waals surface area contributed by atoms with Crippen LogP contribution in [-0.4, -0.2) is 10.1 Å². The number of hydrogen-bond donors (Lipinski definition) is 1. The first-order valence-corrected chi connectivity index (χ1v) is 7.67. The molecule has 0 amide bonds. The Bertz CT molecular complexity index is 1010. The van der Waals surface area contributed by atoms with Gasteiger partial charge in [-0.05, 0) is 35.9 Å².